The third kappa shape index (κ3) is 5.21. The molecule has 1 N–H and O–H groups in total. The number of benzene rings is 2. The van der Waals surface area contributed by atoms with Crippen LogP contribution in [0.25, 0.3) is 6.08 Å². The van der Waals surface area contributed by atoms with Crippen molar-refractivity contribution in [2.45, 2.75) is 0 Å². The molecule has 0 saturated heterocycles. The van der Waals surface area contributed by atoms with Crippen molar-refractivity contribution >= 4 is 17.7 Å². The van der Waals surface area contributed by atoms with Crippen LogP contribution in [0.15, 0.2) is 54.6 Å². The maximum Gasteiger partial charge on any atom is 0.248 e. The van der Waals surface area contributed by atoms with E-state index in [4.69, 9.17) is 14.7 Å². The highest BCUT2D eigenvalue weighted by atomic mass is 16.5. The summed E-state index contributed by atoms with van der Waals surface area (Å²) in [6, 6.07) is 16.1. The second-order valence-electron chi connectivity index (χ2n) is 4.57. The average molecular weight is 308 g/mol. The number of rotatable bonds is 6. The minimum absolute atomic E-state index is 0.0330. The topological polar surface area (TPSA) is 71.3 Å². The van der Waals surface area contributed by atoms with Crippen LogP contribution in [0.3, 0.4) is 0 Å². The zero-order valence-corrected chi connectivity index (χ0v) is 12.7. The van der Waals surface area contributed by atoms with E-state index in [1.807, 2.05) is 30.3 Å². The summed E-state index contributed by atoms with van der Waals surface area (Å²) in [6.45, 7) is -0.0330. The van der Waals surface area contributed by atoms with Crippen molar-refractivity contribution in [2.24, 2.45) is 0 Å². The first-order valence-corrected chi connectivity index (χ1v) is 6.94. The molecule has 2 rings (SSSR count). The van der Waals surface area contributed by atoms with Gasteiger partial charge in [-0.2, -0.15) is 5.26 Å². The standard InChI is InChI=1S/C18H16N2O3/c1-22-16-8-5-14(6-9-16)7-10-18(21)20-15-3-2-4-17(13-15)23-12-11-19/h2-10,13H,12H2,1H3,(H,20,21)/b10-7+. The zero-order chi connectivity index (χ0) is 16.5. The van der Waals surface area contributed by atoms with Crippen LogP contribution in [0, 0.1) is 11.3 Å². The summed E-state index contributed by atoms with van der Waals surface area (Å²) in [5, 5.41) is 11.2. The first kappa shape index (κ1) is 16.1. The number of carbonyl (C=O) groups excluding carboxylic acids is 1. The van der Waals surface area contributed by atoms with Gasteiger partial charge in [0.2, 0.25) is 5.91 Å². The van der Waals surface area contributed by atoms with Crippen LogP contribution < -0.4 is 14.8 Å². The van der Waals surface area contributed by atoms with Gasteiger partial charge in [0.05, 0.1) is 7.11 Å². The Balaban J connectivity index is 1.95. The van der Waals surface area contributed by atoms with Gasteiger partial charge in [-0.1, -0.05) is 18.2 Å². The Labute approximate surface area is 134 Å². The van der Waals surface area contributed by atoms with E-state index < -0.39 is 0 Å². The van der Waals surface area contributed by atoms with Gasteiger partial charge in [0, 0.05) is 17.8 Å². The van der Waals surface area contributed by atoms with E-state index >= 15 is 0 Å². The molecule has 0 unspecified atom stereocenters. The Morgan fingerprint density at radius 2 is 2.00 bits per heavy atom. The highest BCUT2D eigenvalue weighted by Gasteiger charge is 2.00. The predicted molar refractivity (Wildman–Crippen MR) is 88.2 cm³/mol. The number of nitriles is 1. The highest BCUT2D eigenvalue weighted by Crippen LogP contribution is 2.17. The summed E-state index contributed by atoms with van der Waals surface area (Å²) in [5.74, 6) is 1.04. The maximum atomic E-state index is 11.9. The van der Waals surface area contributed by atoms with E-state index in [2.05, 4.69) is 5.32 Å². The lowest BCUT2D eigenvalue weighted by Gasteiger charge is -2.05. The number of anilines is 1. The molecular weight excluding hydrogens is 292 g/mol. The SMILES string of the molecule is COc1ccc(/C=C/C(=O)Nc2cccc(OCC#N)c2)cc1. The van der Waals surface area contributed by atoms with Crippen LogP contribution in [-0.4, -0.2) is 19.6 Å². The molecule has 0 aliphatic rings. The third-order valence-corrected chi connectivity index (χ3v) is 2.95. The van der Waals surface area contributed by atoms with Crippen molar-refractivity contribution in [1.82, 2.24) is 0 Å². The molecule has 5 nitrogen and oxygen atoms in total. The molecule has 2 aromatic rings. The van der Waals surface area contributed by atoms with Crippen LogP contribution in [0.4, 0.5) is 5.69 Å². The molecule has 0 aromatic heterocycles. The fourth-order valence-corrected chi connectivity index (χ4v) is 1.85. The number of nitrogens with one attached hydrogen (secondary N) is 1. The second-order valence-corrected chi connectivity index (χ2v) is 4.57. The van der Waals surface area contributed by atoms with Gasteiger partial charge in [0.25, 0.3) is 0 Å². The predicted octanol–water partition coefficient (Wildman–Crippen LogP) is 3.25. The molecule has 1 amide bonds. The molecule has 0 heterocycles. The van der Waals surface area contributed by atoms with Gasteiger partial charge in [0.1, 0.15) is 17.6 Å². The number of amides is 1. The Morgan fingerprint density at radius 1 is 1.22 bits per heavy atom. The molecule has 0 aliphatic heterocycles. The summed E-state index contributed by atoms with van der Waals surface area (Å²) >= 11 is 0. The van der Waals surface area contributed by atoms with Gasteiger partial charge >= 0.3 is 0 Å². The average Bonchev–Trinajstić information content (AvgIpc) is 2.59. The largest absolute Gasteiger partial charge is 0.497 e. The molecule has 0 bridgehead atoms. The van der Waals surface area contributed by atoms with Crippen molar-refractivity contribution in [1.29, 1.82) is 5.26 Å². The van der Waals surface area contributed by atoms with Crippen molar-refractivity contribution in [2.75, 3.05) is 19.0 Å². The first-order valence-electron chi connectivity index (χ1n) is 6.94. The summed E-state index contributed by atoms with van der Waals surface area (Å²) in [7, 11) is 1.60. The van der Waals surface area contributed by atoms with Gasteiger partial charge in [-0.25, -0.2) is 0 Å². The number of hydrogen-bond donors (Lipinski definition) is 1. The molecular formula is C18H16N2O3. The minimum Gasteiger partial charge on any atom is -0.497 e. The van der Waals surface area contributed by atoms with E-state index in [1.54, 1.807) is 37.5 Å². The summed E-state index contributed by atoms with van der Waals surface area (Å²) in [5.41, 5.74) is 1.50. The Kier molecular flexibility index (Phi) is 5.78. The van der Waals surface area contributed by atoms with Crippen LogP contribution in [0.2, 0.25) is 0 Å². The fourth-order valence-electron chi connectivity index (χ4n) is 1.85. The molecule has 0 fully saturated rings. The number of ether oxygens (including phenoxy) is 2. The molecule has 23 heavy (non-hydrogen) atoms. The van der Waals surface area contributed by atoms with Crippen LogP contribution >= 0.6 is 0 Å². The lowest BCUT2D eigenvalue weighted by molar-refractivity contribution is -0.111. The van der Waals surface area contributed by atoms with Crippen molar-refractivity contribution < 1.29 is 14.3 Å². The van der Waals surface area contributed by atoms with Crippen LogP contribution in [0.5, 0.6) is 11.5 Å². The smallest absolute Gasteiger partial charge is 0.248 e. The Morgan fingerprint density at radius 3 is 2.70 bits per heavy atom. The number of hydrogen-bond acceptors (Lipinski definition) is 4. The molecule has 0 saturated carbocycles. The molecule has 5 heteroatoms. The highest BCUT2D eigenvalue weighted by molar-refractivity contribution is 6.02. The van der Waals surface area contributed by atoms with E-state index in [0.29, 0.717) is 11.4 Å². The van der Waals surface area contributed by atoms with Gasteiger partial charge in [-0.05, 0) is 35.9 Å². The van der Waals surface area contributed by atoms with Crippen molar-refractivity contribution in [3.05, 3.63) is 60.2 Å². The number of nitrogens with zero attached hydrogens (tertiary/aromatic N) is 1. The molecule has 2 aromatic carbocycles. The van der Waals surface area contributed by atoms with Gasteiger partial charge in [0.15, 0.2) is 6.61 Å². The van der Waals surface area contributed by atoms with E-state index in [-0.39, 0.29) is 12.5 Å². The van der Waals surface area contributed by atoms with Gasteiger partial charge < -0.3 is 14.8 Å². The third-order valence-electron chi connectivity index (χ3n) is 2.95. The molecule has 0 atom stereocenters. The van der Waals surface area contributed by atoms with E-state index in [1.165, 1.54) is 6.08 Å². The summed E-state index contributed by atoms with van der Waals surface area (Å²) < 4.78 is 10.3. The Bertz CT molecular complexity index is 731. The lowest BCUT2D eigenvalue weighted by Crippen LogP contribution is -2.07. The molecule has 0 spiro atoms. The van der Waals surface area contributed by atoms with Crippen LogP contribution in [0.1, 0.15) is 5.56 Å². The molecule has 0 aliphatic carbocycles. The minimum atomic E-state index is -0.252. The van der Waals surface area contributed by atoms with Crippen molar-refractivity contribution in [3.63, 3.8) is 0 Å². The molecule has 0 radical (unpaired) electrons. The van der Waals surface area contributed by atoms with Gasteiger partial charge in [-0.3, -0.25) is 4.79 Å². The van der Waals surface area contributed by atoms with E-state index in [9.17, 15) is 4.79 Å². The zero-order valence-electron chi connectivity index (χ0n) is 12.7. The maximum absolute atomic E-state index is 11.9. The quantitative estimate of drug-likeness (QED) is 0.832. The van der Waals surface area contributed by atoms with Crippen molar-refractivity contribution in [3.8, 4) is 17.6 Å². The number of methoxy groups -OCH3 is 1. The summed E-state index contributed by atoms with van der Waals surface area (Å²) in [4.78, 5) is 11.9. The second kappa shape index (κ2) is 8.25. The first-order chi connectivity index (χ1) is 11.2. The monoisotopic (exact) mass is 308 g/mol. The van der Waals surface area contributed by atoms with Crippen LogP contribution in [-0.2, 0) is 4.79 Å². The molecule has 116 valence electrons. The lowest BCUT2D eigenvalue weighted by atomic mass is 10.2. The number of carbonyl (C=O) groups is 1. The van der Waals surface area contributed by atoms with Gasteiger partial charge in [-0.15, -0.1) is 0 Å². The van der Waals surface area contributed by atoms with E-state index in [0.717, 1.165) is 11.3 Å². The summed E-state index contributed by atoms with van der Waals surface area (Å²) in [6.07, 6.45) is 3.16. The fraction of sp³-hybridized carbons (Fsp3) is 0.111. The normalized spacial score (nSPS) is 10.1. The Hall–Kier alpha value is -3.26.